The lowest BCUT2D eigenvalue weighted by atomic mass is 10.0. The van der Waals surface area contributed by atoms with Crippen LogP contribution in [0.5, 0.6) is 0 Å². The van der Waals surface area contributed by atoms with E-state index < -0.39 is 15.3 Å². The third-order valence-corrected chi connectivity index (χ3v) is 7.09. The average Bonchev–Trinajstić information content (AvgIpc) is 3.15. The van der Waals surface area contributed by atoms with E-state index in [0.29, 0.717) is 19.5 Å². The van der Waals surface area contributed by atoms with Crippen molar-refractivity contribution >= 4 is 15.9 Å². The summed E-state index contributed by atoms with van der Waals surface area (Å²) in [7, 11) is -3.45. The molecule has 1 aliphatic carbocycles. The third kappa shape index (κ3) is 4.58. The number of likely N-dealkylation sites (tertiary alicyclic amines) is 1. The van der Waals surface area contributed by atoms with Crippen LogP contribution in [0.15, 0.2) is 18.3 Å². The predicted molar refractivity (Wildman–Crippen MR) is 96.3 cm³/mol. The number of carbonyl (C=O) groups excluding carboxylic acids is 1. The van der Waals surface area contributed by atoms with Crippen LogP contribution in [0.4, 0.5) is 0 Å². The van der Waals surface area contributed by atoms with E-state index in [1.54, 1.807) is 11.1 Å². The van der Waals surface area contributed by atoms with Crippen molar-refractivity contribution in [1.29, 1.82) is 0 Å². The van der Waals surface area contributed by atoms with Gasteiger partial charge in [-0.1, -0.05) is 18.9 Å². The van der Waals surface area contributed by atoms with Crippen LogP contribution >= 0.6 is 0 Å². The van der Waals surface area contributed by atoms with Gasteiger partial charge in [0, 0.05) is 37.4 Å². The van der Waals surface area contributed by atoms with Gasteiger partial charge in [-0.15, -0.1) is 0 Å². The number of hydrogen-bond donors (Lipinski definition) is 1. The summed E-state index contributed by atoms with van der Waals surface area (Å²) >= 11 is 0. The van der Waals surface area contributed by atoms with Crippen molar-refractivity contribution in [3.8, 4) is 0 Å². The van der Waals surface area contributed by atoms with Crippen LogP contribution in [0, 0.1) is 12.8 Å². The minimum atomic E-state index is -3.45. The van der Waals surface area contributed by atoms with Crippen molar-refractivity contribution < 1.29 is 13.2 Å². The molecule has 25 heavy (non-hydrogen) atoms. The molecule has 138 valence electrons. The van der Waals surface area contributed by atoms with E-state index in [2.05, 4.69) is 9.71 Å². The first kappa shape index (κ1) is 18.3. The number of aromatic nitrogens is 1. The summed E-state index contributed by atoms with van der Waals surface area (Å²) in [4.78, 5) is 18.5. The molecule has 1 amide bonds. The van der Waals surface area contributed by atoms with Crippen molar-refractivity contribution in [2.24, 2.45) is 5.92 Å². The molecule has 1 saturated carbocycles. The van der Waals surface area contributed by atoms with E-state index in [-0.39, 0.29) is 18.4 Å². The van der Waals surface area contributed by atoms with Crippen molar-refractivity contribution in [3.05, 3.63) is 29.6 Å². The summed E-state index contributed by atoms with van der Waals surface area (Å²) in [5.41, 5.74) is 1.74. The summed E-state index contributed by atoms with van der Waals surface area (Å²) < 4.78 is 28.0. The molecule has 0 aromatic carbocycles. The van der Waals surface area contributed by atoms with Crippen molar-refractivity contribution in [3.63, 3.8) is 0 Å². The van der Waals surface area contributed by atoms with Crippen molar-refractivity contribution in [1.82, 2.24) is 14.6 Å². The molecule has 0 radical (unpaired) electrons. The summed E-state index contributed by atoms with van der Waals surface area (Å²) in [6, 6.07) is 3.74. The second-order valence-electron chi connectivity index (χ2n) is 7.20. The van der Waals surface area contributed by atoms with Gasteiger partial charge in [0.1, 0.15) is 0 Å². The van der Waals surface area contributed by atoms with Gasteiger partial charge in [0.25, 0.3) is 0 Å². The number of pyridine rings is 1. The highest BCUT2D eigenvalue weighted by atomic mass is 32.2. The van der Waals surface area contributed by atoms with E-state index in [1.165, 1.54) is 0 Å². The van der Waals surface area contributed by atoms with Crippen LogP contribution in [0.3, 0.4) is 0 Å². The van der Waals surface area contributed by atoms with Crippen LogP contribution in [-0.4, -0.2) is 42.5 Å². The number of carbonyl (C=O) groups is 1. The lowest BCUT2D eigenvalue weighted by Gasteiger charge is -2.34. The largest absolute Gasteiger partial charge is 0.341 e. The average molecular weight is 365 g/mol. The fourth-order valence-corrected chi connectivity index (χ4v) is 5.18. The molecule has 1 aromatic heterocycles. The number of nitrogens with one attached hydrogen (secondary N) is 1. The van der Waals surface area contributed by atoms with Gasteiger partial charge in [-0.2, -0.15) is 0 Å². The molecule has 6 nitrogen and oxygen atoms in total. The molecular formula is C18H27N3O3S. The fraction of sp³-hybridized carbons (Fsp3) is 0.667. The zero-order valence-corrected chi connectivity index (χ0v) is 15.6. The summed E-state index contributed by atoms with van der Waals surface area (Å²) in [5, 5.41) is -0.523. The summed E-state index contributed by atoms with van der Waals surface area (Å²) in [6.07, 6.45) is 7.16. The lowest BCUT2D eigenvalue weighted by molar-refractivity contribution is -0.136. The predicted octanol–water partition coefficient (Wildman–Crippen LogP) is 1.99. The zero-order chi connectivity index (χ0) is 17.9. The van der Waals surface area contributed by atoms with Crippen LogP contribution in [0.2, 0.25) is 0 Å². The Hall–Kier alpha value is -1.47. The van der Waals surface area contributed by atoms with Crippen molar-refractivity contribution in [2.75, 3.05) is 13.1 Å². The first-order valence-corrected chi connectivity index (χ1v) is 10.7. The molecule has 1 aliphatic heterocycles. The highest BCUT2D eigenvalue weighted by Gasteiger charge is 2.35. The number of sulfonamides is 1. The Balaban J connectivity index is 1.59. The highest BCUT2D eigenvalue weighted by molar-refractivity contribution is 7.90. The smallest absolute Gasteiger partial charge is 0.225 e. The van der Waals surface area contributed by atoms with Crippen LogP contribution in [-0.2, 0) is 21.4 Å². The number of rotatable bonds is 5. The van der Waals surface area contributed by atoms with Gasteiger partial charge in [0.15, 0.2) is 0 Å². The maximum Gasteiger partial charge on any atom is 0.225 e. The molecule has 1 saturated heterocycles. The Labute approximate surface area is 150 Å². The van der Waals surface area contributed by atoms with E-state index in [0.717, 1.165) is 43.4 Å². The van der Waals surface area contributed by atoms with Gasteiger partial charge in [-0.05, 0) is 44.2 Å². The molecule has 2 fully saturated rings. The van der Waals surface area contributed by atoms with Gasteiger partial charge in [0.2, 0.25) is 15.9 Å². The summed E-state index contributed by atoms with van der Waals surface area (Å²) in [6.45, 7) is 3.13. The Morgan fingerprint density at radius 3 is 2.68 bits per heavy atom. The molecular weight excluding hydrogens is 338 g/mol. The molecule has 2 aliphatic rings. The molecule has 7 heteroatoms. The van der Waals surface area contributed by atoms with Gasteiger partial charge in [-0.25, -0.2) is 13.1 Å². The maximum absolute atomic E-state index is 12.6. The van der Waals surface area contributed by atoms with Gasteiger partial charge in [-0.3, -0.25) is 9.78 Å². The Kier molecular flexibility index (Phi) is 5.74. The summed E-state index contributed by atoms with van der Waals surface area (Å²) in [5.74, 6) is 0.258. The Morgan fingerprint density at radius 1 is 1.24 bits per heavy atom. The minimum absolute atomic E-state index is 0.105. The van der Waals surface area contributed by atoms with Gasteiger partial charge >= 0.3 is 0 Å². The van der Waals surface area contributed by atoms with Crippen LogP contribution in [0.25, 0.3) is 0 Å². The Bertz CT molecular complexity index is 697. The molecule has 0 spiro atoms. The van der Waals surface area contributed by atoms with E-state index >= 15 is 0 Å². The molecule has 1 atom stereocenters. The first-order valence-electron chi connectivity index (χ1n) is 9.14. The SMILES string of the molecule is Cc1ccc(CNS(=O)(=O)[C@H]2CCCN(C(=O)C3CCCC3)C2)cn1. The minimum Gasteiger partial charge on any atom is -0.341 e. The maximum atomic E-state index is 12.6. The van der Waals surface area contributed by atoms with Crippen molar-refractivity contribution in [2.45, 2.75) is 57.2 Å². The Morgan fingerprint density at radius 2 is 2.00 bits per heavy atom. The van der Waals surface area contributed by atoms with E-state index in [1.807, 2.05) is 19.1 Å². The van der Waals surface area contributed by atoms with Gasteiger partial charge in [0.05, 0.1) is 5.25 Å². The first-order chi connectivity index (χ1) is 12.0. The second-order valence-corrected chi connectivity index (χ2v) is 9.25. The van der Waals surface area contributed by atoms with Crippen LogP contribution < -0.4 is 4.72 Å². The quantitative estimate of drug-likeness (QED) is 0.865. The highest BCUT2D eigenvalue weighted by Crippen LogP contribution is 2.28. The van der Waals surface area contributed by atoms with Crippen LogP contribution in [0.1, 0.15) is 49.8 Å². The molecule has 1 aromatic rings. The zero-order valence-electron chi connectivity index (χ0n) is 14.8. The van der Waals surface area contributed by atoms with Gasteiger partial charge < -0.3 is 4.90 Å². The molecule has 2 heterocycles. The fourth-order valence-electron chi connectivity index (χ4n) is 3.73. The lowest BCUT2D eigenvalue weighted by Crippen LogP contribution is -2.49. The standard InChI is InChI=1S/C18H27N3O3S/c1-14-8-9-15(11-19-14)12-20-25(23,24)17-7-4-10-21(13-17)18(22)16-5-2-3-6-16/h8-9,11,16-17,20H,2-7,10,12-13H2,1H3/t17-/m0/s1. The topological polar surface area (TPSA) is 79.4 Å². The molecule has 3 rings (SSSR count). The number of piperidine rings is 1. The molecule has 1 N–H and O–H groups in total. The van der Waals surface area contributed by atoms with E-state index in [4.69, 9.17) is 0 Å². The second kappa shape index (κ2) is 7.83. The number of aryl methyl sites for hydroxylation is 1. The number of amides is 1. The normalized spacial score (nSPS) is 22.3. The monoisotopic (exact) mass is 365 g/mol. The molecule has 0 bridgehead atoms. The third-order valence-electron chi connectivity index (χ3n) is 5.28. The number of hydrogen-bond acceptors (Lipinski definition) is 4. The van der Waals surface area contributed by atoms with E-state index in [9.17, 15) is 13.2 Å². The number of nitrogens with zero attached hydrogens (tertiary/aromatic N) is 2. The molecule has 0 unspecified atom stereocenters.